The van der Waals surface area contributed by atoms with Crippen LogP contribution in [0.2, 0.25) is 10.0 Å². The molecule has 2 aromatic rings. The molecule has 0 aliphatic rings. The summed E-state index contributed by atoms with van der Waals surface area (Å²) in [5, 5.41) is 16.3. The number of benzene rings is 2. The van der Waals surface area contributed by atoms with E-state index in [1.165, 1.54) is 23.4 Å². The zero-order chi connectivity index (χ0) is 19.6. The zero-order valence-corrected chi connectivity index (χ0v) is 17.0. The highest BCUT2D eigenvalue weighted by Gasteiger charge is 2.27. The van der Waals surface area contributed by atoms with E-state index in [1.54, 1.807) is 0 Å². The van der Waals surface area contributed by atoms with Crippen LogP contribution in [0.4, 0.5) is 0 Å². The Balaban J connectivity index is 2.44. The molecule has 2 aromatic carbocycles. The third kappa shape index (κ3) is 4.77. The van der Waals surface area contributed by atoms with Crippen LogP contribution in [0.15, 0.2) is 35.4 Å². The lowest BCUT2D eigenvalue weighted by Gasteiger charge is -2.31. The van der Waals surface area contributed by atoms with Crippen LogP contribution in [0.5, 0.6) is 5.75 Å². The van der Waals surface area contributed by atoms with Gasteiger partial charge in [0, 0.05) is 16.1 Å². The SMILES string of the molecule is Cc1cc(C)cc(C(=O)N(N=Cc2cc(Cl)cc(Cl)c2O)C(C)(C)C)c1. The highest BCUT2D eigenvalue weighted by molar-refractivity contribution is 6.36. The monoisotopic (exact) mass is 392 g/mol. The van der Waals surface area contributed by atoms with Gasteiger partial charge >= 0.3 is 0 Å². The first-order chi connectivity index (χ1) is 12.0. The summed E-state index contributed by atoms with van der Waals surface area (Å²) in [6, 6.07) is 8.65. The topological polar surface area (TPSA) is 52.9 Å². The van der Waals surface area contributed by atoms with Gasteiger partial charge in [-0.1, -0.05) is 40.4 Å². The average molecular weight is 393 g/mol. The fourth-order valence-corrected chi connectivity index (χ4v) is 3.06. The normalized spacial score (nSPS) is 11.8. The number of amides is 1. The van der Waals surface area contributed by atoms with E-state index in [2.05, 4.69) is 5.10 Å². The molecule has 138 valence electrons. The number of aryl methyl sites for hydroxylation is 2. The molecule has 6 heteroatoms. The van der Waals surface area contributed by atoms with Crippen LogP contribution < -0.4 is 0 Å². The molecule has 2 rings (SSSR count). The van der Waals surface area contributed by atoms with Crippen LogP contribution in [-0.2, 0) is 0 Å². The third-order valence-corrected chi connectivity index (χ3v) is 4.17. The Bertz CT molecular complexity index is 851. The Morgan fingerprint density at radius 1 is 1.08 bits per heavy atom. The number of hydrogen-bond donors (Lipinski definition) is 1. The van der Waals surface area contributed by atoms with Gasteiger partial charge in [-0.2, -0.15) is 5.10 Å². The molecule has 1 N–H and O–H groups in total. The number of nitrogens with zero attached hydrogens (tertiary/aromatic N) is 2. The van der Waals surface area contributed by atoms with E-state index in [0.717, 1.165) is 11.1 Å². The third-order valence-electron chi connectivity index (χ3n) is 3.67. The number of phenolic OH excluding ortho intramolecular Hbond substituents is 1. The maximum atomic E-state index is 13.0. The predicted molar refractivity (Wildman–Crippen MR) is 108 cm³/mol. The molecule has 0 spiro atoms. The number of hydrazone groups is 1. The maximum absolute atomic E-state index is 13.0. The van der Waals surface area contributed by atoms with Crippen molar-refractivity contribution in [3.8, 4) is 5.75 Å². The molecule has 0 radical (unpaired) electrons. The molecule has 0 aliphatic carbocycles. The van der Waals surface area contributed by atoms with Gasteiger partial charge in [0.1, 0.15) is 5.75 Å². The van der Waals surface area contributed by atoms with Crippen molar-refractivity contribution in [2.75, 3.05) is 0 Å². The number of carbonyl (C=O) groups excluding carboxylic acids is 1. The second kappa shape index (κ2) is 7.68. The number of aromatic hydroxyl groups is 1. The summed E-state index contributed by atoms with van der Waals surface area (Å²) in [5.41, 5.74) is 2.34. The van der Waals surface area contributed by atoms with Gasteiger partial charge in [-0.15, -0.1) is 0 Å². The zero-order valence-electron chi connectivity index (χ0n) is 15.5. The minimum atomic E-state index is -0.566. The smallest absolute Gasteiger partial charge is 0.274 e. The molecular formula is C20H22Cl2N2O2. The summed E-state index contributed by atoms with van der Waals surface area (Å²) >= 11 is 11.9. The van der Waals surface area contributed by atoms with Crippen LogP contribution in [0.1, 0.15) is 47.8 Å². The first kappa shape index (κ1) is 20.3. The Labute approximate surface area is 164 Å². The fraction of sp³-hybridized carbons (Fsp3) is 0.300. The van der Waals surface area contributed by atoms with Gasteiger partial charge in [0.15, 0.2) is 0 Å². The van der Waals surface area contributed by atoms with Gasteiger partial charge in [0.25, 0.3) is 5.91 Å². The van der Waals surface area contributed by atoms with Gasteiger partial charge in [-0.05, 0) is 58.9 Å². The predicted octanol–water partition coefficient (Wildman–Crippen LogP) is 5.59. The Morgan fingerprint density at radius 2 is 1.65 bits per heavy atom. The highest BCUT2D eigenvalue weighted by Crippen LogP contribution is 2.30. The number of hydrogen-bond acceptors (Lipinski definition) is 3. The lowest BCUT2D eigenvalue weighted by atomic mass is 10.0. The Kier molecular flexibility index (Phi) is 5.99. The van der Waals surface area contributed by atoms with Crippen molar-refractivity contribution in [2.24, 2.45) is 5.10 Å². The minimum absolute atomic E-state index is 0.127. The molecule has 0 saturated carbocycles. The van der Waals surface area contributed by atoms with E-state index in [9.17, 15) is 9.90 Å². The molecule has 0 heterocycles. The maximum Gasteiger partial charge on any atom is 0.274 e. The van der Waals surface area contributed by atoms with Crippen LogP contribution >= 0.6 is 23.2 Å². The molecule has 0 bridgehead atoms. The molecule has 1 amide bonds. The Morgan fingerprint density at radius 3 is 2.19 bits per heavy atom. The summed E-state index contributed by atoms with van der Waals surface area (Å²) in [4.78, 5) is 13.0. The van der Waals surface area contributed by atoms with Crippen molar-refractivity contribution in [2.45, 2.75) is 40.2 Å². The minimum Gasteiger partial charge on any atom is -0.506 e. The van der Waals surface area contributed by atoms with E-state index in [1.807, 2.05) is 52.8 Å². The van der Waals surface area contributed by atoms with Crippen LogP contribution in [0.3, 0.4) is 0 Å². The number of halogens is 2. The van der Waals surface area contributed by atoms with Gasteiger partial charge in [0.05, 0.1) is 16.8 Å². The second-order valence-electron chi connectivity index (χ2n) is 7.23. The Hall–Kier alpha value is -2.04. The summed E-state index contributed by atoms with van der Waals surface area (Å²) < 4.78 is 0. The van der Waals surface area contributed by atoms with Crippen molar-refractivity contribution >= 4 is 35.3 Å². The van der Waals surface area contributed by atoms with Crippen LogP contribution in [0, 0.1) is 13.8 Å². The van der Waals surface area contributed by atoms with Crippen molar-refractivity contribution in [3.63, 3.8) is 0 Å². The quantitative estimate of drug-likeness (QED) is 0.546. The van der Waals surface area contributed by atoms with E-state index in [0.29, 0.717) is 16.1 Å². The van der Waals surface area contributed by atoms with Crippen molar-refractivity contribution in [1.29, 1.82) is 0 Å². The summed E-state index contributed by atoms with van der Waals surface area (Å²) in [6.07, 6.45) is 1.39. The van der Waals surface area contributed by atoms with Gasteiger partial charge in [0.2, 0.25) is 0 Å². The standard InChI is InChI=1S/C20H22Cl2N2O2/c1-12-6-13(2)8-14(7-12)19(26)24(20(3,4)5)23-11-15-9-16(21)10-17(22)18(15)25/h6-11,25H,1-5H3. The van der Waals surface area contributed by atoms with Gasteiger partial charge in [-0.25, -0.2) is 5.01 Å². The van der Waals surface area contributed by atoms with E-state index in [-0.39, 0.29) is 16.7 Å². The molecule has 0 atom stereocenters. The lowest BCUT2D eigenvalue weighted by Crippen LogP contribution is -2.42. The molecule has 0 aromatic heterocycles. The molecule has 0 aliphatic heterocycles. The van der Waals surface area contributed by atoms with Crippen molar-refractivity contribution < 1.29 is 9.90 Å². The fourth-order valence-electron chi connectivity index (χ4n) is 2.55. The van der Waals surface area contributed by atoms with E-state index >= 15 is 0 Å². The van der Waals surface area contributed by atoms with Gasteiger partial charge in [-0.3, -0.25) is 4.79 Å². The van der Waals surface area contributed by atoms with Crippen LogP contribution in [-0.4, -0.2) is 27.8 Å². The summed E-state index contributed by atoms with van der Waals surface area (Å²) in [5.74, 6) is -0.360. The summed E-state index contributed by atoms with van der Waals surface area (Å²) in [6.45, 7) is 9.54. The van der Waals surface area contributed by atoms with Crippen molar-refractivity contribution in [3.05, 3.63) is 62.6 Å². The molecule has 0 unspecified atom stereocenters. The summed E-state index contributed by atoms with van der Waals surface area (Å²) in [7, 11) is 0. The largest absolute Gasteiger partial charge is 0.506 e. The molecule has 4 nitrogen and oxygen atoms in total. The number of phenols is 1. The second-order valence-corrected chi connectivity index (χ2v) is 8.08. The molecule has 0 fully saturated rings. The number of carbonyl (C=O) groups is 1. The van der Waals surface area contributed by atoms with Crippen LogP contribution in [0.25, 0.3) is 0 Å². The molecule has 26 heavy (non-hydrogen) atoms. The van der Waals surface area contributed by atoms with Crippen molar-refractivity contribution in [1.82, 2.24) is 5.01 Å². The molecule has 0 saturated heterocycles. The number of rotatable bonds is 3. The average Bonchev–Trinajstić information content (AvgIpc) is 2.49. The highest BCUT2D eigenvalue weighted by atomic mass is 35.5. The first-order valence-corrected chi connectivity index (χ1v) is 8.89. The molecular weight excluding hydrogens is 371 g/mol. The first-order valence-electron chi connectivity index (χ1n) is 8.14. The van der Waals surface area contributed by atoms with E-state index in [4.69, 9.17) is 23.2 Å². The lowest BCUT2D eigenvalue weighted by molar-refractivity contribution is 0.0593. The van der Waals surface area contributed by atoms with E-state index < -0.39 is 5.54 Å². The van der Waals surface area contributed by atoms with Gasteiger partial charge < -0.3 is 5.11 Å².